The number of allylic oxidation sites excluding steroid dienone is 2. The van der Waals surface area contributed by atoms with Gasteiger partial charge in [0.15, 0.2) is 0 Å². The summed E-state index contributed by atoms with van der Waals surface area (Å²) in [5.74, 6) is 0.582. The second-order valence-corrected chi connectivity index (χ2v) is 4.90. The van der Waals surface area contributed by atoms with E-state index in [0.717, 1.165) is 25.0 Å². The first-order valence-electron chi connectivity index (χ1n) is 7.13. The van der Waals surface area contributed by atoms with Crippen LogP contribution in [0.3, 0.4) is 0 Å². The molecule has 102 valence electrons. The van der Waals surface area contributed by atoms with Crippen LogP contribution in [-0.2, 0) is 12.8 Å². The summed E-state index contributed by atoms with van der Waals surface area (Å²) in [6.07, 6.45) is 8.97. The van der Waals surface area contributed by atoms with Gasteiger partial charge >= 0.3 is 0 Å². The number of nitrogens with zero attached hydrogens (tertiary/aromatic N) is 1. The number of aliphatic imine (C=N–C) groups is 1. The van der Waals surface area contributed by atoms with Crippen molar-refractivity contribution in [3.8, 4) is 0 Å². The summed E-state index contributed by atoms with van der Waals surface area (Å²) in [6.45, 7) is 10.4. The Morgan fingerprint density at radius 2 is 1.84 bits per heavy atom. The Morgan fingerprint density at radius 1 is 1.21 bits per heavy atom. The number of aryl methyl sites for hydroxylation is 1. The van der Waals surface area contributed by atoms with Crippen molar-refractivity contribution in [2.45, 2.75) is 40.0 Å². The van der Waals surface area contributed by atoms with E-state index in [-0.39, 0.29) is 0 Å². The third-order valence-electron chi connectivity index (χ3n) is 3.35. The van der Waals surface area contributed by atoms with Crippen molar-refractivity contribution in [3.63, 3.8) is 0 Å². The van der Waals surface area contributed by atoms with Gasteiger partial charge in [-0.1, -0.05) is 64.1 Å². The average molecular weight is 255 g/mol. The van der Waals surface area contributed by atoms with E-state index in [1.807, 2.05) is 12.3 Å². The summed E-state index contributed by atoms with van der Waals surface area (Å²) < 4.78 is 0. The molecule has 0 aliphatic rings. The Hall–Kier alpha value is -1.63. The molecule has 1 atom stereocenters. The van der Waals surface area contributed by atoms with E-state index >= 15 is 0 Å². The SMILES string of the molecule is C=C/C(Cc1ccc(CC)cc1)=N\C=C/C(C)CC. The molecule has 0 bridgehead atoms. The molecule has 0 fully saturated rings. The van der Waals surface area contributed by atoms with E-state index in [1.54, 1.807) is 0 Å². The summed E-state index contributed by atoms with van der Waals surface area (Å²) >= 11 is 0. The molecule has 0 amide bonds. The second kappa shape index (κ2) is 8.47. The number of hydrogen-bond donors (Lipinski definition) is 0. The molecule has 0 heterocycles. The van der Waals surface area contributed by atoms with Gasteiger partial charge in [-0.15, -0.1) is 0 Å². The molecule has 0 N–H and O–H groups in total. The van der Waals surface area contributed by atoms with Gasteiger partial charge in [0.25, 0.3) is 0 Å². The van der Waals surface area contributed by atoms with Crippen LogP contribution < -0.4 is 0 Å². The molecule has 1 nitrogen and oxygen atoms in total. The van der Waals surface area contributed by atoms with Crippen molar-refractivity contribution < 1.29 is 0 Å². The van der Waals surface area contributed by atoms with E-state index in [1.165, 1.54) is 11.1 Å². The highest BCUT2D eigenvalue weighted by Gasteiger charge is 1.98. The molecular formula is C18H25N. The van der Waals surface area contributed by atoms with Crippen LogP contribution in [0.1, 0.15) is 38.3 Å². The van der Waals surface area contributed by atoms with Gasteiger partial charge in [0, 0.05) is 18.3 Å². The van der Waals surface area contributed by atoms with Gasteiger partial charge in [-0.2, -0.15) is 0 Å². The molecule has 1 aromatic carbocycles. The molecule has 0 spiro atoms. The van der Waals surface area contributed by atoms with Crippen LogP contribution in [0, 0.1) is 5.92 Å². The number of benzene rings is 1. The first-order chi connectivity index (χ1) is 9.19. The summed E-state index contributed by atoms with van der Waals surface area (Å²) in [5.41, 5.74) is 3.68. The molecule has 1 heteroatoms. The third kappa shape index (κ3) is 5.69. The highest BCUT2D eigenvalue weighted by atomic mass is 14.7. The van der Waals surface area contributed by atoms with Gasteiger partial charge in [-0.3, -0.25) is 4.99 Å². The van der Waals surface area contributed by atoms with Crippen molar-refractivity contribution in [1.29, 1.82) is 0 Å². The molecule has 1 unspecified atom stereocenters. The molecule has 0 aliphatic heterocycles. The van der Waals surface area contributed by atoms with Crippen LogP contribution in [0.15, 0.2) is 54.2 Å². The molecule has 1 rings (SSSR count). The quantitative estimate of drug-likeness (QED) is 0.609. The van der Waals surface area contributed by atoms with E-state index in [9.17, 15) is 0 Å². The zero-order valence-corrected chi connectivity index (χ0v) is 12.4. The maximum absolute atomic E-state index is 4.49. The van der Waals surface area contributed by atoms with Gasteiger partial charge < -0.3 is 0 Å². The zero-order valence-electron chi connectivity index (χ0n) is 12.4. The molecule has 1 aromatic rings. The molecule has 0 aromatic heterocycles. The van der Waals surface area contributed by atoms with Gasteiger partial charge in [0.1, 0.15) is 0 Å². The summed E-state index contributed by atoms with van der Waals surface area (Å²) in [5, 5.41) is 0. The monoisotopic (exact) mass is 255 g/mol. The van der Waals surface area contributed by atoms with Gasteiger partial charge in [-0.05, 0) is 29.5 Å². The van der Waals surface area contributed by atoms with Crippen LogP contribution in [-0.4, -0.2) is 5.71 Å². The molecule has 0 saturated carbocycles. The van der Waals surface area contributed by atoms with Crippen LogP contribution in [0.2, 0.25) is 0 Å². The fourth-order valence-corrected chi connectivity index (χ4v) is 1.69. The van der Waals surface area contributed by atoms with Crippen molar-refractivity contribution in [2.75, 3.05) is 0 Å². The van der Waals surface area contributed by atoms with Crippen molar-refractivity contribution in [3.05, 3.63) is 60.3 Å². The second-order valence-electron chi connectivity index (χ2n) is 4.90. The standard InChI is InChI=1S/C18H25N/c1-5-15(4)12-13-19-18(7-3)14-17-10-8-16(6-2)9-11-17/h7-13,15H,3,5-6,14H2,1-2,4H3/b13-12-,19-18+. The van der Waals surface area contributed by atoms with Crippen molar-refractivity contribution >= 4 is 5.71 Å². The molecular weight excluding hydrogens is 230 g/mol. The van der Waals surface area contributed by atoms with E-state index in [4.69, 9.17) is 0 Å². The largest absolute Gasteiger partial charge is 0.261 e. The Morgan fingerprint density at radius 3 is 2.37 bits per heavy atom. The Labute approximate surface area is 117 Å². The smallest absolute Gasteiger partial charge is 0.0441 e. The normalized spacial score (nSPS) is 13.7. The van der Waals surface area contributed by atoms with Crippen molar-refractivity contribution in [2.24, 2.45) is 10.9 Å². The number of rotatable bonds is 7. The lowest BCUT2D eigenvalue weighted by atomic mass is 10.1. The van der Waals surface area contributed by atoms with Crippen LogP contribution in [0.5, 0.6) is 0 Å². The minimum Gasteiger partial charge on any atom is -0.261 e. The first kappa shape index (κ1) is 15.4. The lowest BCUT2D eigenvalue weighted by Crippen LogP contribution is -1.98. The average Bonchev–Trinajstić information content (AvgIpc) is 2.46. The Bertz CT molecular complexity index is 437. The van der Waals surface area contributed by atoms with E-state index < -0.39 is 0 Å². The molecule has 19 heavy (non-hydrogen) atoms. The maximum atomic E-state index is 4.49. The van der Waals surface area contributed by atoms with Gasteiger partial charge in [0.2, 0.25) is 0 Å². The van der Waals surface area contributed by atoms with Crippen molar-refractivity contribution in [1.82, 2.24) is 0 Å². The highest BCUT2D eigenvalue weighted by molar-refractivity contribution is 5.96. The first-order valence-corrected chi connectivity index (χ1v) is 7.13. The third-order valence-corrected chi connectivity index (χ3v) is 3.35. The summed E-state index contributed by atoms with van der Waals surface area (Å²) in [4.78, 5) is 4.49. The molecule has 0 saturated heterocycles. The fourth-order valence-electron chi connectivity index (χ4n) is 1.69. The topological polar surface area (TPSA) is 12.4 Å². The minimum atomic E-state index is 0.582. The van der Waals surface area contributed by atoms with E-state index in [0.29, 0.717) is 5.92 Å². The molecule has 0 radical (unpaired) electrons. The van der Waals surface area contributed by atoms with Gasteiger partial charge in [-0.25, -0.2) is 0 Å². The van der Waals surface area contributed by atoms with Crippen LogP contribution in [0.25, 0.3) is 0 Å². The van der Waals surface area contributed by atoms with Crippen LogP contribution >= 0.6 is 0 Å². The summed E-state index contributed by atoms with van der Waals surface area (Å²) in [7, 11) is 0. The summed E-state index contributed by atoms with van der Waals surface area (Å²) in [6, 6.07) is 8.72. The predicted octanol–water partition coefficient (Wildman–Crippen LogP) is 4.98. The molecule has 0 aliphatic carbocycles. The fraction of sp³-hybridized carbons (Fsp3) is 0.389. The Balaban J connectivity index is 2.67. The van der Waals surface area contributed by atoms with Crippen LogP contribution in [0.4, 0.5) is 0 Å². The maximum Gasteiger partial charge on any atom is 0.0441 e. The number of hydrogen-bond acceptors (Lipinski definition) is 1. The van der Waals surface area contributed by atoms with Gasteiger partial charge in [0.05, 0.1) is 0 Å². The Kier molecular flexibility index (Phi) is 6.88. The zero-order chi connectivity index (χ0) is 14.1. The lowest BCUT2D eigenvalue weighted by Gasteiger charge is -2.03. The minimum absolute atomic E-state index is 0.582. The van der Waals surface area contributed by atoms with E-state index in [2.05, 4.69) is 62.7 Å². The highest BCUT2D eigenvalue weighted by Crippen LogP contribution is 2.07. The predicted molar refractivity (Wildman–Crippen MR) is 85.8 cm³/mol. The lowest BCUT2D eigenvalue weighted by molar-refractivity contribution is 0.697.